The fourth-order valence-corrected chi connectivity index (χ4v) is 6.14. The molecule has 1 fully saturated rings. The molecule has 0 bridgehead atoms. The van der Waals surface area contributed by atoms with Crippen molar-refractivity contribution in [3.63, 3.8) is 0 Å². The Kier molecular flexibility index (Phi) is 12.3. The van der Waals surface area contributed by atoms with Crippen LogP contribution in [0.4, 0.5) is 8.78 Å². The number of allylic oxidation sites excluding steroid dienone is 1. The van der Waals surface area contributed by atoms with Gasteiger partial charge in [-0.2, -0.15) is 0 Å². The van der Waals surface area contributed by atoms with E-state index >= 15 is 0 Å². The van der Waals surface area contributed by atoms with Gasteiger partial charge in [-0.1, -0.05) is 71.4 Å². The predicted molar refractivity (Wildman–Crippen MR) is 167 cm³/mol. The monoisotopic (exact) mass is 565 g/mol. The number of nitrogens with zero attached hydrogens (tertiary/aromatic N) is 2. The van der Waals surface area contributed by atoms with Gasteiger partial charge in [0.25, 0.3) is 0 Å². The molecular formula is C35H49F2N3O. The van der Waals surface area contributed by atoms with Gasteiger partial charge in [0.1, 0.15) is 11.4 Å². The van der Waals surface area contributed by atoms with Crippen LogP contribution >= 0.6 is 0 Å². The minimum atomic E-state index is -0.975. The third-order valence-electron chi connectivity index (χ3n) is 8.70. The summed E-state index contributed by atoms with van der Waals surface area (Å²) in [5, 5.41) is 3.55. The zero-order chi connectivity index (χ0) is 30.0. The summed E-state index contributed by atoms with van der Waals surface area (Å²) in [6.45, 7) is 12.0. The number of nitrogens with one attached hydrogen (secondary N) is 1. The van der Waals surface area contributed by atoms with Crippen molar-refractivity contribution in [2.45, 2.75) is 97.7 Å². The third kappa shape index (κ3) is 8.12. The maximum atomic E-state index is 14.1. The molecule has 1 N–H and O–H groups in total. The third-order valence-corrected chi connectivity index (χ3v) is 8.70. The Morgan fingerprint density at radius 3 is 2.22 bits per heavy atom. The average Bonchev–Trinajstić information content (AvgIpc) is 2.98. The number of halogens is 2. The van der Waals surface area contributed by atoms with Crippen molar-refractivity contribution < 1.29 is 13.6 Å². The van der Waals surface area contributed by atoms with Gasteiger partial charge in [0.05, 0.1) is 0 Å². The standard InChI is InChI=1S/C35H49F2N3O/c1-7-10-32(38-22-9-3)27-12-14-28(15-13-27)34(11-8-2)40(6)35(20-18-26(19-21-35)25(4)5)39-33(24-41)29-16-17-30(36)31(37)23-29/h10,12-17,23-26,34,38H,7-9,11,18-22H2,1-6H3/b32-10+,39-33+. The van der Waals surface area contributed by atoms with E-state index in [0.717, 1.165) is 75.7 Å². The first-order valence-corrected chi connectivity index (χ1v) is 15.5. The summed E-state index contributed by atoms with van der Waals surface area (Å²) in [5.74, 6) is -0.740. The van der Waals surface area contributed by atoms with E-state index in [2.05, 4.69) is 82.2 Å². The van der Waals surface area contributed by atoms with Crippen molar-refractivity contribution in [3.05, 3.63) is 76.9 Å². The van der Waals surface area contributed by atoms with Gasteiger partial charge in [-0.3, -0.25) is 14.7 Å². The van der Waals surface area contributed by atoms with Crippen LogP contribution in [0.15, 0.2) is 53.5 Å². The number of hydrogen-bond donors (Lipinski definition) is 1. The molecular weight excluding hydrogens is 516 g/mol. The molecule has 1 unspecified atom stereocenters. The van der Waals surface area contributed by atoms with Crippen LogP contribution in [-0.4, -0.2) is 36.2 Å². The van der Waals surface area contributed by atoms with Crippen LogP contribution in [0.2, 0.25) is 0 Å². The zero-order valence-electron chi connectivity index (χ0n) is 25.9. The molecule has 0 aromatic heterocycles. The van der Waals surface area contributed by atoms with Crippen LogP contribution in [0.1, 0.15) is 109 Å². The van der Waals surface area contributed by atoms with Gasteiger partial charge in [0, 0.05) is 23.8 Å². The first-order valence-electron chi connectivity index (χ1n) is 15.5. The molecule has 2 aromatic carbocycles. The first-order chi connectivity index (χ1) is 19.7. The fraction of sp³-hybridized carbons (Fsp3) is 0.543. The zero-order valence-corrected chi connectivity index (χ0v) is 25.9. The molecule has 224 valence electrons. The van der Waals surface area contributed by atoms with Crippen molar-refractivity contribution in [1.82, 2.24) is 10.2 Å². The van der Waals surface area contributed by atoms with Crippen LogP contribution in [0.5, 0.6) is 0 Å². The van der Waals surface area contributed by atoms with Gasteiger partial charge in [-0.05, 0) is 93.2 Å². The van der Waals surface area contributed by atoms with Gasteiger partial charge in [0.15, 0.2) is 17.9 Å². The number of benzene rings is 2. The Balaban J connectivity index is 2.03. The summed E-state index contributed by atoms with van der Waals surface area (Å²) in [4.78, 5) is 19.8. The summed E-state index contributed by atoms with van der Waals surface area (Å²) < 4.78 is 27.8. The number of rotatable bonds is 14. The van der Waals surface area contributed by atoms with E-state index in [1.165, 1.54) is 17.2 Å². The second kappa shape index (κ2) is 15.4. The van der Waals surface area contributed by atoms with Crippen LogP contribution in [-0.2, 0) is 4.79 Å². The molecule has 4 nitrogen and oxygen atoms in total. The first kappa shape index (κ1) is 32.7. The van der Waals surface area contributed by atoms with Crippen LogP contribution < -0.4 is 5.32 Å². The number of hydrogen-bond acceptors (Lipinski definition) is 4. The van der Waals surface area contributed by atoms with Gasteiger partial charge in [-0.25, -0.2) is 8.78 Å². The van der Waals surface area contributed by atoms with E-state index in [1.54, 1.807) is 0 Å². The molecule has 1 aliphatic carbocycles. The van der Waals surface area contributed by atoms with Crippen molar-refractivity contribution in [1.29, 1.82) is 0 Å². The minimum absolute atomic E-state index is 0.0912. The lowest BCUT2D eigenvalue weighted by Gasteiger charge is -2.48. The highest BCUT2D eigenvalue weighted by atomic mass is 19.2. The second-order valence-electron chi connectivity index (χ2n) is 11.8. The molecule has 0 aliphatic heterocycles. The molecule has 0 radical (unpaired) electrons. The lowest BCUT2D eigenvalue weighted by atomic mass is 9.75. The molecule has 1 aliphatic rings. The van der Waals surface area contributed by atoms with Gasteiger partial charge in [-0.15, -0.1) is 0 Å². The quantitative estimate of drug-likeness (QED) is 0.184. The largest absolute Gasteiger partial charge is 0.385 e. The number of carbonyl (C=O) groups is 1. The van der Waals surface area contributed by atoms with E-state index in [-0.39, 0.29) is 11.8 Å². The molecule has 41 heavy (non-hydrogen) atoms. The van der Waals surface area contributed by atoms with E-state index in [1.807, 2.05) is 0 Å². The maximum Gasteiger partial charge on any atom is 0.168 e. The highest BCUT2D eigenvalue weighted by Gasteiger charge is 2.42. The molecule has 0 spiro atoms. The average molecular weight is 566 g/mol. The van der Waals surface area contributed by atoms with Crippen molar-refractivity contribution in [2.75, 3.05) is 13.6 Å². The molecule has 0 saturated heterocycles. The van der Waals surface area contributed by atoms with E-state index in [0.29, 0.717) is 23.7 Å². The lowest BCUT2D eigenvalue weighted by molar-refractivity contribution is -0.102. The topological polar surface area (TPSA) is 44.7 Å². The number of carbonyl (C=O) groups excluding carboxylic acids is 1. The molecule has 1 atom stereocenters. The Morgan fingerprint density at radius 1 is 1.02 bits per heavy atom. The maximum absolute atomic E-state index is 14.1. The number of aldehydes is 1. The smallest absolute Gasteiger partial charge is 0.168 e. The SMILES string of the molecule is CC/C=C(/NCCC)c1ccc(C(CCC)N(C)C2(/N=C(\C=O)c3ccc(F)c(F)c3)CCC(C(C)C)CC2)cc1. The van der Waals surface area contributed by atoms with E-state index in [9.17, 15) is 13.6 Å². The normalized spacial score (nSPS) is 20.9. The molecule has 0 heterocycles. The summed E-state index contributed by atoms with van der Waals surface area (Å²) in [7, 11) is 2.12. The summed E-state index contributed by atoms with van der Waals surface area (Å²) in [6, 6.07) is 12.5. The van der Waals surface area contributed by atoms with Crippen LogP contribution in [0, 0.1) is 23.5 Å². The Labute approximate surface area is 246 Å². The summed E-state index contributed by atoms with van der Waals surface area (Å²) in [6.07, 6.45) is 10.5. The highest BCUT2D eigenvalue weighted by Crippen LogP contribution is 2.44. The minimum Gasteiger partial charge on any atom is -0.385 e. The van der Waals surface area contributed by atoms with E-state index < -0.39 is 17.3 Å². The van der Waals surface area contributed by atoms with Crippen molar-refractivity contribution in [3.8, 4) is 0 Å². The van der Waals surface area contributed by atoms with E-state index in [4.69, 9.17) is 4.99 Å². The van der Waals surface area contributed by atoms with Crippen molar-refractivity contribution >= 4 is 17.7 Å². The Hall–Kier alpha value is -2.86. The van der Waals surface area contributed by atoms with Crippen LogP contribution in [0.25, 0.3) is 5.70 Å². The fourth-order valence-electron chi connectivity index (χ4n) is 6.14. The lowest BCUT2D eigenvalue weighted by Crippen LogP contribution is -2.50. The van der Waals surface area contributed by atoms with Gasteiger partial charge in [0.2, 0.25) is 0 Å². The van der Waals surface area contributed by atoms with Gasteiger partial charge >= 0.3 is 0 Å². The Morgan fingerprint density at radius 2 is 1.68 bits per heavy atom. The number of aliphatic imine (C=N–C) groups is 1. The molecule has 3 rings (SSSR count). The molecule has 2 aromatic rings. The predicted octanol–water partition coefficient (Wildman–Crippen LogP) is 8.72. The van der Waals surface area contributed by atoms with Gasteiger partial charge < -0.3 is 5.32 Å². The molecule has 1 saturated carbocycles. The summed E-state index contributed by atoms with van der Waals surface area (Å²) >= 11 is 0. The Bertz CT molecular complexity index is 1180. The van der Waals surface area contributed by atoms with Crippen molar-refractivity contribution in [2.24, 2.45) is 16.8 Å². The summed E-state index contributed by atoms with van der Waals surface area (Å²) in [5.41, 5.74) is 3.40. The molecule has 6 heteroatoms. The van der Waals surface area contributed by atoms with Crippen LogP contribution in [0.3, 0.4) is 0 Å². The highest BCUT2D eigenvalue weighted by molar-refractivity contribution is 6.36. The second-order valence-corrected chi connectivity index (χ2v) is 11.8. The molecule has 0 amide bonds.